The van der Waals surface area contributed by atoms with Crippen LogP contribution >= 0.6 is 0 Å². The number of para-hydroxylation sites is 1. The lowest BCUT2D eigenvalue weighted by atomic mass is 9.80. The average molecular weight is 645 g/mol. The van der Waals surface area contributed by atoms with E-state index < -0.39 is 11.9 Å². The topological polar surface area (TPSA) is 185 Å². The summed E-state index contributed by atoms with van der Waals surface area (Å²) in [6.07, 6.45) is 6.07. The lowest BCUT2D eigenvalue weighted by molar-refractivity contribution is -0.150. The standard InChI is InChI=1S/C36H48N6O5/c1-36(2)20-30-33(26-7-3-4-9-29(26)42(30)31(43)21-36)22-10-15-25(34(39)45)28(19-22)41-23-11-13-24(14-12-23)47-32(44)16-18-40-35(46)27(38)8-5-6-17-37/h3-4,7,9-10,15,19,23-24,27,41H,5-6,8,11-14,16-18,20-21,37-38H2,1-2H3,(H2,39,45)(H,40,46)/t23?,24?,27-/m0/s1. The number of nitrogens with one attached hydrogen (secondary N) is 2. The zero-order valence-electron chi connectivity index (χ0n) is 27.5. The van der Waals surface area contributed by atoms with Gasteiger partial charge in [-0.1, -0.05) is 44.5 Å². The number of fused-ring (bicyclic) bond motifs is 3. The van der Waals surface area contributed by atoms with Gasteiger partial charge in [-0.25, -0.2) is 0 Å². The number of esters is 1. The number of aromatic nitrogens is 1. The van der Waals surface area contributed by atoms with E-state index in [0.29, 0.717) is 43.5 Å². The van der Waals surface area contributed by atoms with Crippen molar-refractivity contribution in [2.24, 2.45) is 22.6 Å². The second-order valence-corrected chi connectivity index (χ2v) is 13.8. The molecule has 0 spiro atoms. The number of anilines is 1. The van der Waals surface area contributed by atoms with Crippen LogP contribution in [0.2, 0.25) is 0 Å². The summed E-state index contributed by atoms with van der Waals surface area (Å²) in [4.78, 5) is 50.4. The van der Waals surface area contributed by atoms with Crippen molar-refractivity contribution in [3.63, 3.8) is 0 Å². The van der Waals surface area contributed by atoms with Gasteiger partial charge in [-0.2, -0.15) is 0 Å². The molecule has 0 bridgehead atoms. The molecule has 1 fully saturated rings. The molecular weight excluding hydrogens is 596 g/mol. The summed E-state index contributed by atoms with van der Waals surface area (Å²) in [6, 6.07) is 13.0. The first-order chi connectivity index (χ1) is 22.5. The molecule has 2 aliphatic rings. The van der Waals surface area contributed by atoms with E-state index in [0.717, 1.165) is 59.8 Å². The number of benzene rings is 2. The van der Waals surface area contributed by atoms with Gasteiger partial charge in [0.2, 0.25) is 11.8 Å². The minimum absolute atomic E-state index is 0.0542. The molecule has 0 unspecified atom stereocenters. The van der Waals surface area contributed by atoms with Crippen molar-refractivity contribution in [3.05, 3.63) is 53.7 Å². The number of nitrogens with zero attached hydrogens (tertiary/aromatic N) is 1. The molecule has 2 amide bonds. The Balaban J connectivity index is 1.22. The molecule has 2 aromatic carbocycles. The first kappa shape index (κ1) is 34.1. The molecule has 1 aliphatic carbocycles. The summed E-state index contributed by atoms with van der Waals surface area (Å²) in [6.45, 7) is 4.98. The molecule has 1 atom stereocenters. The Morgan fingerprint density at radius 1 is 1.04 bits per heavy atom. The second kappa shape index (κ2) is 14.7. The van der Waals surface area contributed by atoms with Crippen molar-refractivity contribution < 1.29 is 23.9 Å². The number of hydrogen-bond acceptors (Lipinski definition) is 8. The minimum atomic E-state index is -0.610. The zero-order valence-corrected chi connectivity index (χ0v) is 27.5. The fourth-order valence-corrected chi connectivity index (χ4v) is 6.95. The van der Waals surface area contributed by atoms with Gasteiger partial charge in [0.25, 0.3) is 5.91 Å². The SMILES string of the molecule is CC1(C)CC(=O)n2c(c(-c3ccc(C(N)=O)c(NC4CCC(OC(=O)CCNC(=O)[C@@H](N)CCCCN)CC4)c3)c3ccccc32)C1. The average Bonchev–Trinajstić information content (AvgIpc) is 3.35. The quantitative estimate of drug-likeness (QED) is 0.135. The molecule has 0 radical (unpaired) electrons. The highest BCUT2D eigenvalue weighted by atomic mass is 16.5. The number of unbranched alkanes of at least 4 members (excludes halogenated alkanes) is 1. The van der Waals surface area contributed by atoms with Gasteiger partial charge in [0.05, 0.1) is 23.5 Å². The Labute approximate surface area is 275 Å². The van der Waals surface area contributed by atoms with Crippen molar-refractivity contribution in [1.82, 2.24) is 9.88 Å². The number of ether oxygens (including phenoxy) is 1. The van der Waals surface area contributed by atoms with Crippen LogP contribution in [-0.4, -0.2) is 59.5 Å². The molecular formula is C36H48N6O5. The fraction of sp³-hybridized carbons (Fsp3) is 0.500. The first-order valence-electron chi connectivity index (χ1n) is 16.8. The van der Waals surface area contributed by atoms with Crippen LogP contribution in [0, 0.1) is 5.41 Å². The molecule has 11 nitrogen and oxygen atoms in total. The van der Waals surface area contributed by atoms with E-state index in [2.05, 4.69) is 24.5 Å². The normalized spacial score (nSPS) is 19.5. The van der Waals surface area contributed by atoms with E-state index in [1.54, 1.807) is 6.07 Å². The Bertz CT molecular complexity index is 1640. The van der Waals surface area contributed by atoms with Crippen LogP contribution in [0.25, 0.3) is 22.0 Å². The molecule has 1 aliphatic heterocycles. The van der Waals surface area contributed by atoms with Crippen LogP contribution in [0.1, 0.15) is 92.5 Å². The Hall–Kier alpha value is -4.22. The number of primary amides is 1. The first-order valence-corrected chi connectivity index (χ1v) is 16.8. The van der Waals surface area contributed by atoms with E-state index in [1.807, 2.05) is 41.0 Å². The Kier molecular flexibility index (Phi) is 10.7. The summed E-state index contributed by atoms with van der Waals surface area (Å²) in [5.41, 5.74) is 21.9. The van der Waals surface area contributed by atoms with Gasteiger partial charge < -0.3 is 32.6 Å². The predicted octanol–water partition coefficient (Wildman–Crippen LogP) is 4.25. The van der Waals surface area contributed by atoms with Crippen LogP contribution in [0.15, 0.2) is 42.5 Å². The van der Waals surface area contributed by atoms with Crippen LogP contribution in [-0.2, 0) is 20.7 Å². The molecule has 47 heavy (non-hydrogen) atoms. The number of carbonyl (C=O) groups is 4. The summed E-state index contributed by atoms with van der Waals surface area (Å²) >= 11 is 0. The summed E-state index contributed by atoms with van der Waals surface area (Å²) in [5.74, 6) is -1.06. The lowest BCUT2D eigenvalue weighted by Crippen LogP contribution is -2.41. The maximum atomic E-state index is 13.3. The van der Waals surface area contributed by atoms with Gasteiger partial charge in [-0.3, -0.25) is 23.7 Å². The van der Waals surface area contributed by atoms with Gasteiger partial charge in [-0.15, -0.1) is 0 Å². The lowest BCUT2D eigenvalue weighted by Gasteiger charge is -2.31. The number of amides is 2. The van der Waals surface area contributed by atoms with Crippen LogP contribution in [0.3, 0.4) is 0 Å². The molecule has 2 heterocycles. The second-order valence-electron chi connectivity index (χ2n) is 13.8. The number of carbonyl (C=O) groups excluding carboxylic acids is 4. The highest BCUT2D eigenvalue weighted by Gasteiger charge is 2.35. The molecule has 8 N–H and O–H groups in total. The zero-order chi connectivity index (χ0) is 33.7. The summed E-state index contributed by atoms with van der Waals surface area (Å²) < 4.78 is 7.56. The Morgan fingerprint density at radius 2 is 1.79 bits per heavy atom. The monoisotopic (exact) mass is 644 g/mol. The Morgan fingerprint density at radius 3 is 2.51 bits per heavy atom. The van der Waals surface area contributed by atoms with Crippen molar-refractivity contribution in [3.8, 4) is 11.1 Å². The molecule has 3 aromatic rings. The van der Waals surface area contributed by atoms with E-state index in [9.17, 15) is 19.2 Å². The fourth-order valence-electron chi connectivity index (χ4n) is 6.95. The molecule has 252 valence electrons. The number of hydrogen-bond donors (Lipinski definition) is 5. The van der Waals surface area contributed by atoms with Crippen molar-refractivity contribution in [2.45, 2.75) is 96.2 Å². The van der Waals surface area contributed by atoms with Gasteiger partial charge in [0.1, 0.15) is 6.10 Å². The number of nitrogens with two attached hydrogens (primary N) is 3. The van der Waals surface area contributed by atoms with E-state index in [4.69, 9.17) is 21.9 Å². The van der Waals surface area contributed by atoms with Crippen LogP contribution in [0.4, 0.5) is 5.69 Å². The molecule has 1 aromatic heterocycles. The maximum Gasteiger partial charge on any atom is 0.307 e. The van der Waals surface area contributed by atoms with Crippen molar-refractivity contribution in [2.75, 3.05) is 18.4 Å². The summed E-state index contributed by atoms with van der Waals surface area (Å²) in [7, 11) is 0. The number of rotatable bonds is 13. The van der Waals surface area contributed by atoms with Gasteiger partial charge in [-0.05, 0) is 80.7 Å². The molecule has 11 heteroatoms. The maximum absolute atomic E-state index is 13.3. The highest BCUT2D eigenvalue weighted by molar-refractivity contribution is 6.06. The third kappa shape index (κ3) is 8.02. The van der Waals surface area contributed by atoms with Crippen LogP contribution < -0.4 is 27.8 Å². The van der Waals surface area contributed by atoms with Crippen molar-refractivity contribution in [1.29, 1.82) is 0 Å². The molecule has 0 saturated heterocycles. The minimum Gasteiger partial charge on any atom is -0.462 e. The van der Waals surface area contributed by atoms with Gasteiger partial charge in [0.15, 0.2) is 0 Å². The van der Waals surface area contributed by atoms with E-state index >= 15 is 0 Å². The van der Waals surface area contributed by atoms with Crippen LogP contribution in [0.5, 0.6) is 0 Å². The van der Waals surface area contributed by atoms with E-state index in [-0.39, 0.29) is 48.3 Å². The summed E-state index contributed by atoms with van der Waals surface area (Å²) in [5, 5.41) is 7.26. The van der Waals surface area contributed by atoms with E-state index in [1.165, 1.54) is 0 Å². The van der Waals surface area contributed by atoms with Gasteiger partial charge in [0, 0.05) is 41.3 Å². The molecule has 5 rings (SSSR count). The third-order valence-corrected chi connectivity index (χ3v) is 9.34. The highest BCUT2D eigenvalue weighted by Crippen LogP contribution is 2.43. The largest absolute Gasteiger partial charge is 0.462 e. The predicted molar refractivity (Wildman–Crippen MR) is 183 cm³/mol. The van der Waals surface area contributed by atoms with Crippen molar-refractivity contribution >= 4 is 40.3 Å². The third-order valence-electron chi connectivity index (χ3n) is 9.34. The smallest absolute Gasteiger partial charge is 0.307 e. The van der Waals surface area contributed by atoms with Gasteiger partial charge >= 0.3 is 5.97 Å². The molecule has 1 saturated carbocycles.